The summed E-state index contributed by atoms with van der Waals surface area (Å²) in [6, 6.07) is 53.8. The second-order valence-electron chi connectivity index (χ2n) is 17.4. The predicted molar refractivity (Wildman–Crippen MR) is 266 cm³/mol. The molecule has 1 N–H and O–H groups in total. The second kappa shape index (κ2) is 14.6. The fraction of sp³-hybridized carbons (Fsp3) is 0.119. The lowest BCUT2D eigenvalue weighted by atomic mass is 9.66. The van der Waals surface area contributed by atoms with E-state index in [1.165, 1.54) is 10.8 Å². The zero-order valence-electron chi connectivity index (χ0n) is 36.3. The van der Waals surface area contributed by atoms with Crippen LogP contribution in [-0.4, -0.2) is 18.8 Å². The highest BCUT2D eigenvalue weighted by Crippen LogP contribution is 2.56. The van der Waals surface area contributed by atoms with Crippen LogP contribution < -0.4 is 0 Å². The zero-order chi connectivity index (χ0) is 44.1. The smallest absolute Gasteiger partial charge is 0.101 e. The summed E-state index contributed by atoms with van der Waals surface area (Å²) in [5, 5.41) is 40.8. The van der Waals surface area contributed by atoms with Gasteiger partial charge in [-0.25, -0.2) is 0 Å². The van der Waals surface area contributed by atoms with Crippen LogP contribution in [0.2, 0.25) is 0 Å². The summed E-state index contributed by atoms with van der Waals surface area (Å²) in [4.78, 5) is 0. The van der Waals surface area contributed by atoms with Gasteiger partial charge in [0.05, 0.1) is 61.9 Å². The van der Waals surface area contributed by atoms with Crippen LogP contribution in [0, 0.1) is 35.5 Å². The quantitative estimate of drug-likeness (QED) is 0.174. The molecule has 0 amide bonds. The highest BCUT2D eigenvalue weighted by Gasteiger charge is 2.44. The van der Waals surface area contributed by atoms with E-state index in [2.05, 4.69) is 180 Å². The fourth-order valence-corrected chi connectivity index (χ4v) is 11.2. The number of para-hydroxylation sites is 2. The van der Waals surface area contributed by atoms with Crippen LogP contribution in [0.4, 0.5) is 0 Å². The summed E-state index contributed by atoms with van der Waals surface area (Å²) < 4.78 is 6.74. The molecule has 65 heavy (non-hydrogen) atoms. The topological polar surface area (TPSA) is 82.6 Å². The van der Waals surface area contributed by atoms with Crippen molar-refractivity contribution in [1.82, 2.24) is 13.7 Å². The van der Waals surface area contributed by atoms with Crippen molar-refractivity contribution in [1.29, 1.82) is 10.5 Å². The Morgan fingerprint density at radius 2 is 1.28 bits per heavy atom. The van der Waals surface area contributed by atoms with Gasteiger partial charge < -0.3 is 18.8 Å². The van der Waals surface area contributed by atoms with Crippen LogP contribution in [0.25, 0.3) is 89.2 Å². The normalized spacial score (nSPS) is 15.6. The number of fused-ring (bicyclic) bond motifs is 11. The molecule has 0 radical (unpaired) electrons. The Morgan fingerprint density at radius 1 is 0.646 bits per heavy atom. The van der Waals surface area contributed by atoms with Gasteiger partial charge in [0.15, 0.2) is 0 Å². The molecular formula is C59H43N5O. The Bertz CT molecular complexity index is 3820. The van der Waals surface area contributed by atoms with E-state index in [1.54, 1.807) is 0 Å². The number of aliphatic hydroxyl groups is 1. The molecule has 2 atom stereocenters. The zero-order valence-corrected chi connectivity index (χ0v) is 36.3. The molecule has 0 spiro atoms. The standard InChI is InChI=1S/C59H43N5O/c1-4-6-17-44-48(5-2)63(52-26-24-36-16-8-10-19-41(36)57(44)52)53-28-38(34-61)54(29-37(53)33-60)64-51-27-25-39(62-49-22-13-11-20-42(49)43-21-12-14-23-50(43)62)30-46(51)58-47-32-56(65)59(47)45(31-55(58)64)40-18-9-7-15-35(40)3/h6-32,47,59,65H,4-5H2,1-3H3/b17-6-/t47?,59-/m0/s1. The van der Waals surface area contributed by atoms with Crippen LogP contribution in [0.5, 0.6) is 0 Å². The number of nitrogens with zero attached hydrogens (tertiary/aromatic N) is 5. The van der Waals surface area contributed by atoms with Crippen molar-refractivity contribution in [3.8, 4) is 29.2 Å². The maximum absolute atomic E-state index is 11.5. The molecule has 6 nitrogen and oxygen atoms in total. The number of rotatable bonds is 7. The number of aliphatic hydroxyl groups excluding tert-OH is 1. The first-order chi connectivity index (χ1) is 31.9. The number of aryl methyl sites for hydroxylation is 1. The maximum atomic E-state index is 11.5. The molecule has 2 aliphatic carbocycles. The summed E-state index contributed by atoms with van der Waals surface area (Å²) in [5.41, 5.74) is 14.9. The minimum Gasteiger partial charge on any atom is -0.512 e. The van der Waals surface area contributed by atoms with Crippen molar-refractivity contribution in [2.24, 2.45) is 5.92 Å². The molecule has 7 aromatic carbocycles. The minimum atomic E-state index is -0.214. The van der Waals surface area contributed by atoms with Gasteiger partial charge in [-0.2, -0.15) is 10.5 Å². The molecule has 6 heteroatoms. The highest BCUT2D eigenvalue weighted by atomic mass is 16.3. The fourth-order valence-electron chi connectivity index (χ4n) is 11.2. The summed E-state index contributed by atoms with van der Waals surface area (Å²) in [6.07, 6.45) is 10.2. The van der Waals surface area contributed by atoms with E-state index < -0.39 is 0 Å². The van der Waals surface area contributed by atoms with E-state index in [0.29, 0.717) is 28.3 Å². The largest absolute Gasteiger partial charge is 0.512 e. The second-order valence-corrected chi connectivity index (χ2v) is 17.4. The van der Waals surface area contributed by atoms with Gasteiger partial charge in [-0.05, 0) is 113 Å². The number of benzene rings is 7. The van der Waals surface area contributed by atoms with Gasteiger partial charge in [0.2, 0.25) is 0 Å². The molecule has 3 heterocycles. The number of nitriles is 2. The third-order valence-electron chi connectivity index (χ3n) is 14.0. The van der Waals surface area contributed by atoms with Gasteiger partial charge in [-0.15, -0.1) is 0 Å². The summed E-state index contributed by atoms with van der Waals surface area (Å²) in [6.45, 7) is 6.41. The molecule has 10 aromatic rings. The highest BCUT2D eigenvalue weighted by molar-refractivity contribution is 6.12. The Labute approximate surface area is 376 Å². The summed E-state index contributed by atoms with van der Waals surface area (Å²) in [7, 11) is 0. The van der Waals surface area contributed by atoms with E-state index >= 15 is 0 Å². The van der Waals surface area contributed by atoms with Crippen molar-refractivity contribution >= 4 is 72.1 Å². The average Bonchev–Trinajstić information content (AvgIpc) is 3.97. The lowest BCUT2D eigenvalue weighted by Crippen LogP contribution is -2.28. The van der Waals surface area contributed by atoms with Gasteiger partial charge >= 0.3 is 0 Å². The predicted octanol–water partition coefficient (Wildman–Crippen LogP) is 14.6. The molecule has 0 bridgehead atoms. The molecule has 3 aromatic heterocycles. The van der Waals surface area contributed by atoms with Crippen LogP contribution >= 0.6 is 0 Å². The first-order valence-corrected chi connectivity index (χ1v) is 22.5. The van der Waals surface area contributed by atoms with E-state index in [1.807, 2.05) is 30.3 Å². The Kier molecular flexibility index (Phi) is 8.63. The van der Waals surface area contributed by atoms with Crippen molar-refractivity contribution in [3.05, 3.63) is 202 Å². The Morgan fingerprint density at radius 3 is 1.95 bits per heavy atom. The van der Waals surface area contributed by atoms with Crippen molar-refractivity contribution in [2.75, 3.05) is 0 Å². The number of aromatic nitrogens is 3. The minimum absolute atomic E-state index is 0.107. The van der Waals surface area contributed by atoms with Crippen molar-refractivity contribution in [2.45, 2.75) is 39.5 Å². The van der Waals surface area contributed by atoms with Gasteiger partial charge in [0, 0.05) is 44.4 Å². The Balaban J connectivity index is 1.16. The van der Waals surface area contributed by atoms with Crippen LogP contribution in [-0.2, 0) is 6.42 Å². The number of hydrogen-bond donors (Lipinski definition) is 1. The van der Waals surface area contributed by atoms with Gasteiger partial charge in [-0.3, -0.25) is 0 Å². The third-order valence-corrected chi connectivity index (χ3v) is 14.0. The molecule has 0 saturated heterocycles. The number of hydrogen-bond acceptors (Lipinski definition) is 3. The molecule has 0 saturated carbocycles. The lowest BCUT2D eigenvalue weighted by Gasteiger charge is -2.39. The van der Waals surface area contributed by atoms with Gasteiger partial charge in [-0.1, -0.05) is 117 Å². The molecule has 12 rings (SSSR count). The van der Waals surface area contributed by atoms with Gasteiger partial charge in [0.25, 0.3) is 0 Å². The van der Waals surface area contributed by atoms with E-state index in [4.69, 9.17) is 0 Å². The van der Waals surface area contributed by atoms with E-state index in [0.717, 1.165) is 101 Å². The van der Waals surface area contributed by atoms with E-state index in [-0.39, 0.29) is 11.8 Å². The van der Waals surface area contributed by atoms with Crippen LogP contribution in [0.1, 0.15) is 71.0 Å². The molecule has 2 aliphatic rings. The van der Waals surface area contributed by atoms with Gasteiger partial charge in [0.1, 0.15) is 12.1 Å². The van der Waals surface area contributed by atoms with Crippen LogP contribution in [0.15, 0.2) is 157 Å². The SMILES string of the molecule is CC/C=C\c1c(CC)n(-c2cc(C#N)c(-n3c4c(c5cc(-n6c7ccccc7c7ccccc76)ccc53)C3C=C(O)[C@H]3C(c3ccccc3C)=C4)cc2C#N)c2ccc3ccccc3c12. The molecular weight excluding hydrogens is 795 g/mol. The van der Waals surface area contributed by atoms with Crippen molar-refractivity contribution in [3.63, 3.8) is 0 Å². The van der Waals surface area contributed by atoms with Crippen LogP contribution in [0.3, 0.4) is 0 Å². The molecule has 310 valence electrons. The molecule has 1 unspecified atom stereocenters. The number of allylic oxidation sites excluding steroid dienone is 3. The maximum Gasteiger partial charge on any atom is 0.101 e. The van der Waals surface area contributed by atoms with E-state index in [9.17, 15) is 15.6 Å². The summed E-state index contributed by atoms with van der Waals surface area (Å²) >= 11 is 0. The third kappa shape index (κ3) is 5.44. The monoisotopic (exact) mass is 837 g/mol. The Hall–Kier alpha value is -8.32. The first kappa shape index (κ1) is 38.4. The van der Waals surface area contributed by atoms with Crippen molar-refractivity contribution < 1.29 is 5.11 Å². The first-order valence-electron chi connectivity index (χ1n) is 22.5. The average molecular weight is 838 g/mol. The molecule has 0 aliphatic heterocycles. The molecule has 0 fully saturated rings. The summed E-state index contributed by atoms with van der Waals surface area (Å²) in [5.74, 6) is 0.0494. The lowest BCUT2D eigenvalue weighted by molar-refractivity contribution is 0.310.